The number of esters is 3. The quantitative estimate of drug-likeness (QED) is 0.482. The molecule has 1 N–H and O–H groups in total. The van der Waals surface area contributed by atoms with Crippen LogP contribution in [0, 0.1) is 0 Å². The van der Waals surface area contributed by atoms with Crippen molar-refractivity contribution in [3.05, 3.63) is 0 Å². The zero-order chi connectivity index (χ0) is 14.8. The summed E-state index contributed by atoms with van der Waals surface area (Å²) in [4.78, 5) is 42.8. The van der Waals surface area contributed by atoms with E-state index in [9.17, 15) is 19.2 Å². The predicted molar refractivity (Wildman–Crippen MR) is 60.0 cm³/mol. The molecule has 0 heterocycles. The highest BCUT2D eigenvalue weighted by Gasteiger charge is 2.17. The molecule has 0 aromatic heterocycles. The fraction of sp³-hybridized carbons (Fsp3) is 0.636. The first-order valence-electron chi connectivity index (χ1n) is 5.49. The average molecular weight is 276 g/mol. The van der Waals surface area contributed by atoms with Crippen LogP contribution < -0.4 is 0 Å². The minimum Gasteiger partial charge on any atom is -0.481 e. The van der Waals surface area contributed by atoms with E-state index in [4.69, 9.17) is 14.6 Å². The number of carboxylic acid groups (broad SMARTS) is 1. The molecule has 0 saturated heterocycles. The van der Waals surface area contributed by atoms with Crippen molar-refractivity contribution in [2.75, 3.05) is 13.2 Å². The van der Waals surface area contributed by atoms with Crippen molar-refractivity contribution in [2.45, 2.75) is 32.8 Å². The molecule has 0 spiro atoms. The molecule has 0 saturated carbocycles. The average Bonchev–Trinajstić information content (AvgIpc) is 2.29. The van der Waals surface area contributed by atoms with Gasteiger partial charge in [0, 0.05) is 13.8 Å². The zero-order valence-corrected chi connectivity index (χ0v) is 10.7. The van der Waals surface area contributed by atoms with E-state index in [1.165, 1.54) is 6.92 Å². The van der Waals surface area contributed by atoms with Crippen LogP contribution in [0.1, 0.15) is 26.7 Å². The van der Waals surface area contributed by atoms with Crippen molar-refractivity contribution in [1.29, 1.82) is 0 Å². The lowest BCUT2D eigenvalue weighted by molar-refractivity contribution is -0.165. The number of ether oxygens (including phenoxy) is 3. The number of carbonyl (C=O) groups is 4. The lowest BCUT2D eigenvalue weighted by Crippen LogP contribution is -2.29. The third-order valence-electron chi connectivity index (χ3n) is 1.78. The van der Waals surface area contributed by atoms with E-state index in [1.54, 1.807) is 0 Å². The Kier molecular flexibility index (Phi) is 7.90. The molecule has 0 aliphatic heterocycles. The molecule has 8 heteroatoms. The molecular weight excluding hydrogens is 260 g/mol. The van der Waals surface area contributed by atoms with Crippen LogP contribution in [0.2, 0.25) is 0 Å². The van der Waals surface area contributed by atoms with E-state index < -0.39 is 30.0 Å². The van der Waals surface area contributed by atoms with Gasteiger partial charge in [-0.25, -0.2) is 0 Å². The van der Waals surface area contributed by atoms with Gasteiger partial charge in [0.25, 0.3) is 0 Å². The number of aliphatic carboxylic acids is 1. The molecule has 0 aliphatic rings. The molecule has 0 radical (unpaired) electrons. The Labute approximate surface area is 109 Å². The second-order valence-electron chi connectivity index (χ2n) is 3.61. The van der Waals surface area contributed by atoms with Crippen LogP contribution >= 0.6 is 0 Å². The molecule has 0 aromatic carbocycles. The topological polar surface area (TPSA) is 116 Å². The number of hydrogen-bond acceptors (Lipinski definition) is 7. The molecule has 0 unspecified atom stereocenters. The zero-order valence-electron chi connectivity index (χ0n) is 10.7. The van der Waals surface area contributed by atoms with Crippen LogP contribution in [0.15, 0.2) is 0 Å². The van der Waals surface area contributed by atoms with Gasteiger partial charge in [0.1, 0.15) is 13.2 Å². The molecule has 8 nitrogen and oxygen atoms in total. The van der Waals surface area contributed by atoms with Crippen LogP contribution in [0.4, 0.5) is 0 Å². The molecule has 0 amide bonds. The van der Waals surface area contributed by atoms with Crippen molar-refractivity contribution >= 4 is 23.9 Å². The third kappa shape index (κ3) is 10.7. The maximum Gasteiger partial charge on any atom is 0.306 e. The fourth-order valence-electron chi connectivity index (χ4n) is 1.03. The van der Waals surface area contributed by atoms with Gasteiger partial charge in [-0.05, 0) is 0 Å². The molecule has 0 aliphatic carbocycles. The molecule has 0 aromatic rings. The van der Waals surface area contributed by atoms with Crippen molar-refractivity contribution in [3.63, 3.8) is 0 Å². The highest BCUT2D eigenvalue weighted by molar-refractivity contribution is 5.76. The van der Waals surface area contributed by atoms with Crippen LogP contribution in [0.3, 0.4) is 0 Å². The highest BCUT2D eigenvalue weighted by atomic mass is 16.6. The number of carboxylic acids is 1. The second kappa shape index (κ2) is 8.90. The lowest BCUT2D eigenvalue weighted by atomic mass is 10.3. The van der Waals surface area contributed by atoms with Crippen LogP contribution in [0.25, 0.3) is 0 Å². The summed E-state index contributed by atoms with van der Waals surface area (Å²) in [6, 6.07) is 0. The Morgan fingerprint density at radius 2 is 1.53 bits per heavy atom. The second-order valence-corrected chi connectivity index (χ2v) is 3.61. The van der Waals surface area contributed by atoms with Gasteiger partial charge in [-0.3, -0.25) is 19.2 Å². The molecular formula is C11H16O8. The molecule has 0 bridgehead atoms. The molecule has 0 fully saturated rings. The van der Waals surface area contributed by atoms with Crippen LogP contribution in [0.5, 0.6) is 0 Å². The van der Waals surface area contributed by atoms with Crippen molar-refractivity contribution < 1.29 is 38.5 Å². The van der Waals surface area contributed by atoms with Gasteiger partial charge in [-0.1, -0.05) is 0 Å². The number of carbonyl (C=O) groups excluding carboxylic acids is 3. The Morgan fingerprint density at radius 3 is 2.00 bits per heavy atom. The SMILES string of the molecule is CC(=O)OC[C@@H](COC(=O)CCC(=O)O)OC(C)=O. The van der Waals surface area contributed by atoms with E-state index >= 15 is 0 Å². The smallest absolute Gasteiger partial charge is 0.306 e. The summed E-state index contributed by atoms with van der Waals surface area (Å²) in [6.45, 7) is 1.81. The Morgan fingerprint density at radius 1 is 0.947 bits per heavy atom. The van der Waals surface area contributed by atoms with E-state index in [-0.39, 0.29) is 26.1 Å². The molecule has 108 valence electrons. The van der Waals surface area contributed by atoms with Crippen molar-refractivity contribution in [3.8, 4) is 0 Å². The first-order valence-corrected chi connectivity index (χ1v) is 5.49. The maximum absolute atomic E-state index is 11.1. The Balaban J connectivity index is 4.09. The number of hydrogen-bond donors (Lipinski definition) is 1. The van der Waals surface area contributed by atoms with Gasteiger partial charge in [0.15, 0.2) is 6.10 Å². The monoisotopic (exact) mass is 276 g/mol. The van der Waals surface area contributed by atoms with Gasteiger partial charge < -0.3 is 19.3 Å². The minimum absolute atomic E-state index is 0.235. The summed E-state index contributed by atoms with van der Waals surface area (Å²) in [5.41, 5.74) is 0. The molecule has 19 heavy (non-hydrogen) atoms. The third-order valence-corrected chi connectivity index (χ3v) is 1.78. The Hall–Kier alpha value is -2.12. The van der Waals surface area contributed by atoms with Gasteiger partial charge >= 0.3 is 23.9 Å². The highest BCUT2D eigenvalue weighted by Crippen LogP contribution is 2.00. The fourth-order valence-corrected chi connectivity index (χ4v) is 1.03. The summed E-state index contributed by atoms with van der Waals surface area (Å²) >= 11 is 0. The van der Waals surface area contributed by atoms with Crippen molar-refractivity contribution in [1.82, 2.24) is 0 Å². The summed E-state index contributed by atoms with van der Waals surface area (Å²) in [5, 5.41) is 8.37. The van der Waals surface area contributed by atoms with E-state index in [0.29, 0.717) is 0 Å². The maximum atomic E-state index is 11.1. The molecule has 0 rings (SSSR count). The first-order chi connectivity index (χ1) is 8.81. The summed E-state index contributed by atoms with van der Waals surface area (Å²) in [7, 11) is 0. The predicted octanol–water partition coefficient (Wildman–Crippen LogP) is -0.111. The van der Waals surface area contributed by atoms with Crippen LogP contribution in [-0.4, -0.2) is 48.3 Å². The lowest BCUT2D eigenvalue weighted by Gasteiger charge is -2.16. The van der Waals surface area contributed by atoms with Gasteiger partial charge in [0.05, 0.1) is 12.8 Å². The number of rotatable bonds is 8. The van der Waals surface area contributed by atoms with Crippen molar-refractivity contribution in [2.24, 2.45) is 0 Å². The molecule has 1 atom stereocenters. The van der Waals surface area contributed by atoms with E-state index in [2.05, 4.69) is 4.74 Å². The van der Waals surface area contributed by atoms with Gasteiger partial charge in [-0.2, -0.15) is 0 Å². The van der Waals surface area contributed by atoms with Gasteiger partial charge in [-0.15, -0.1) is 0 Å². The first kappa shape index (κ1) is 16.9. The standard InChI is InChI=1S/C11H16O8/c1-7(12)17-5-9(19-8(2)13)6-18-11(16)4-3-10(14)15/h9H,3-6H2,1-2H3,(H,14,15)/t9-/m0/s1. The summed E-state index contributed by atoms with van der Waals surface area (Å²) < 4.78 is 14.1. The van der Waals surface area contributed by atoms with Crippen LogP contribution in [-0.2, 0) is 33.4 Å². The largest absolute Gasteiger partial charge is 0.481 e. The van der Waals surface area contributed by atoms with E-state index in [1.807, 2.05) is 0 Å². The van der Waals surface area contributed by atoms with Gasteiger partial charge in [0.2, 0.25) is 0 Å². The van der Waals surface area contributed by atoms with E-state index in [0.717, 1.165) is 6.92 Å². The summed E-state index contributed by atoms with van der Waals surface area (Å²) in [6.07, 6.45) is -1.54. The Bertz CT molecular complexity index is 349. The summed E-state index contributed by atoms with van der Waals surface area (Å²) in [5.74, 6) is -3.02. The normalized spacial score (nSPS) is 11.3. The minimum atomic E-state index is -1.12.